The highest BCUT2D eigenvalue weighted by Crippen LogP contribution is 2.32. The van der Waals surface area contributed by atoms with Gasteiger partial charge in [0.15, 0.2) is 12.4 Å². The molecule has 162 valence electrons. The van der Waals surface area contributed by atoms with Crippen LogP contribution in [0.5, 0.6) is 11.5 Å². The van der Waals surface area contributed by atoms with E-state index >= 15 is 0 Å². The van der Waals surface area contributed by atoms with E-state index in [1.807, 2.05) is 0 Å². The van der Waals surface area contributed by atoms with Crippen LogP contribution >= 0.6 is 0 Å². The van der Waals surface area contributed by atoms with Crippen LogP contribution in [0.15, 0.2) is 48.5 Å². The number of nitrogens with one attached hydrogen (secondary N) is 2. The molecule has 1 saturated heterocycles. The summed E-state index contributed by atoms with van der Waals surface area (Å²) in [5.74, 6) is -1.72. The molecule has 1 unspecified atom stereocenters. The number of hydrogen-bond donors (Lipinski definition) is 2. The summed E-state index contributed by atoms with van der Waals surface area (Å²) in [6.07, 6.45) is -0.0214. The molecule has 1 heterocycles. The van der Waals surface area contributed by atoms with E-state index < -0.39 is 29.3 Å². The lowest BCUT2D eigenvalue weighted by atomic mass is 10.1. The Morgan fingerprint density at radius 2 is 1.81 bits per heavy atom. The van der Waals surface area contributed by atoms with Crippen molar-refractivity contribution >= 4 is 29.1 Å². The molecule has 2 aromatic carbocycles. The Morgan fingerprint density at radius 1 is 1.13 bits per heavy atom. The number of anilines is 1. The Hall–Kier alpha value is -4.15. The number of nitro groups is 1. The Kier molecular flexibility index (Phi) is 6.65. The van der Waals surface area contributed by atoms with Gasteiger partial charge in [-0.15, -0.1) is 0 Å². The van der Waals surface area contributed by atoms with Crippen LogP contribution in [0.1, 0.15) is 6.42 Å². The topological polar surface area (TPSA) is 140 Å². The second kappa shape index (κ2) is 9.57. The molecule has 11 heteroatoms. The molecule has 0 aliphatic carbocycles. The molecule has 1 aliphatic heterocycles. The third-order valence-electron chi connectivity index (χ3n) is 4.62. The lowest BCUT2D eigenvalue weighted by Gasteiger charge is -2.19. The SMILES string of the molecule is COc1ccccc1N1CC(C(=O)NNC(=O)COc2ccccc2[N+](=O)[O-])CC1=O. The number of carbonyl (C=O) groups excluding carboxylic acids is 3. The second-order valence-electron chi connectivity index (χ2n) is 6.63. The number of amides is 3. The number of para-hydroxylation sites is 4. The number of hydrazine groups is 1. The van der Waals surface area contributed by atoms with Crippen LogP contribution in [0.25, 0.3) is 0 Å². The summed E-state index contributed by atoms with van der Waals surface area (Å²) in [6, 6.07) is 12.6. The largest absolute Gasteiger partial charge is 0.495 e. The highest BCUT2D eigenvalue weighted by atomic mass is 16.6. The molecule has 0 bridgehead atoms. The summed E-state index contributed by atoms with van der Waals surface area (Å²) < 4.78 is 10.4. The number of rotatable bonds is 7. The van der Waals surface area contributed by atoms with Gasteiger partial charge in [0, 0.05) is 19.0 Å². The van der Waals surface area contributed by atoms with E-state index in [0.29, 0.717) is 11.4 Å². The van der Waals surface area contributed by atoms with Gasteiger partial charge in [0.1, 0.15) is 5.75 Å². The maximum Gasteiger partial charge on any atom is 0.310 e. The highest BCUT2D eigenvalue weighted by molar-refractivity contribution is 6.01. The Bertz CT molecular complexity index is 1010. The summed E-state index contributed by atoms with van der Waals surface area (Å²) in [5, 5.41) is 11.0. The molecule has 1 atom stereocenters. The van der Waals surface area contributed by atoms with Crippen molar-refractivity contribution in [3.8, 4) is 11.5 Å². The number of carbonyl (C=O) groups is 3. The lowest BCUT2D eigenvalue weighted by Crippen LogP contribution is -2.46. The van der Waals surface area contributed by atoms with Gasteiger partial charge in [0.05, 0.1) is 23.6 Å². The zero-order chi connectivity index (χ0) is 22.4. The summed E-state index contributed by atoms with van der Waals surface area (Å²) in [4.78, 5) is 48.5. The summed E-state index contributed by atoms with van der Waals surface area (Å²) >= 11 is 0. The van der Waals surface area contributed by atoms with E-state index in [2.05, 4.69) is 10.9 Å². The molecule has 3 rings (SSSR count). The number of nitro benzene ring substituents is 1. The quantitative estimate of drug-likeness (QED) is 0.498. The fraction of sp³-hybridized carbons (Fsp3) is 0.250. The fourth-order valence-corrected chi connectivity index (χ4v) is 3.11. The van der Waals surface area contributed by atoms with Crippen LogP contribution in [-0.2, 0) is 14.4 Å². The van der Waals surface area contributed by atoms with Crippen LogP contribution in [0.3, 0.4) is 0 Å². The van der Waals surface area contributed by atoms with E-state index in [1.54, 1.807) is 24.3 Å². The monoisotopic (exact) mass is 428 g/mol. The molecule has 1 fully saturated rings. The minimum atomic E-state index is -0.711. The molecular formula is C20H20N4O7. The zero-order valence-electron chi connectivity index (χ0n) is 16.6. The normalized spacial score (nSPS) is 15.3. The average molecular weight is 428 g/mol. The van der Waals surface area contributed by atoms with Gasteiger partial charge in [-0.05, 0) is 18.2 Å². The van der Waals surface area contributed by atoms with Crippen LogP contribution in [-0.4, -0.2) is 42.9 Å². The molecule has 1 aliphatic rings. The van der Waals surface area contributed by atoms with Gasteiger partial charge < -0.3 is 14.4 Å². The van der Waals surface area contributed by atoms with Crippen molar-refractivity contribution in [1.29, 1.82) is 0 Å². The maximum atomic E-state index is 12.4. The Labute approximate surface area is 177 Å². The first kappa shape index (κ1) is 21.6. The number of methoxy groups -OCH3 is 1. The Balaban J connectivity index is 1.51. The molecule has 0 radical (unpaired) electrons. The summed E-state index contributed by atoms with van der Waals surface area (Å²) in [5.41, 5.74) is 4.72. The van der Waals surface area contributed by atoms with Gasteiger partial charge in [0.25, 0.3) is 5.91 Å². The van der Waals surface area contributed by atoms with E-state index in [0.717, 1.165) is 0 Å². The van der Waals surface area contributed by atoms with Gasteiger partial charge in [-0.1, -0.05) is 24.3 Å². The van der Waals surface area contributed by atoms with E-state index in [1.165, 1.54) is 36.3 Å². The predicted octanol–water partition coefficient (Wildman–Crippen LogP) is 1.18. The molecule has 0 spiro atoms. The minimum absolute atomic E-state index is 0.0214. The van der Waals surface area contributed by atoms with Crippen molar-refractivity contribution in [3.63, 3.8) is 0 Å². The maximum absolute atomic E-state index is 12.4. The molecule has 3 amide bonds. The van der Waals surface area contributed by atoms with E-state index in [9.17, 15) is 24.5 Å². The first-order chi connectivity index (χ1) is 14.9. The van der Waals surface area contributed by atoms with Crippen LogP contribution in [0.2, 0.25) is 0 Å². The zero-order valence-corrected chi connectivity index (χ0v) is 16.6. The van der Waals surface area contributed by atoms with Crippen molar-refractivity contribution in [3.05, 3.63) is 58.6 Å². The van der Waals surface area contributed by atoms with Gasteiger partial charge in [-0.25, -0.2) is 0 Å². The lowest BCUT2D eigenvalue weighted by molar-refractivity contribution is -0.385. The van der Waals surface area contributed by atoms with Crippen molar-refractivity contribution in [1.82, 2.24) is 10.9 Å². The smallest absolute Gasteiger partial charge is 0.310 e. The number of hydrogen-bond acceptors (Lipinski definition) is 7. The minimum Gasteiger partial charge on any atom is -0.495 e. The molecular weight excluding hydrogens is 408 g/mol. The van der Waals surface area contributed by atoms with Gasteiger partial charge >= 0.3 is 5.69 Å². The van der Waals surface area contributed by atoms with Crippen molar-refractivity contribution < 1.29 is 28.8 Å². The molecule has 2 aromatic rings. The van der Waals surface area contributed by atoms with E-state index in [4.69, 9.17) is 9.47 Å². The molecule has 0 saturated carbocycles. The Morgan fingerprint density at radius 3 is 2.52 bits per heavy atom. The molecule has 2 N–H and O–H groups in total. The predicted molar refractivity (Wildman–Crippen MR) is 108 cm³/mol. The second-order valence-corrected chi connectivity index (χ2v) is 6.63. The van der Waals surface area contributed by atoms with Crippen molar-refractivity contribution in [2.24, 2.45) is 5.92 Å². The number of nitrogens with zero attached hydrogens (tertiary/aromatic N) is 2. The van der Waals surface area contributed by atoms with Crippen LogP contribution < -0.4 is 25.2 Å². The average Bonchev–Trinajstić information content (AvgIpc) is 3.17. The highest BCUT2D eigenvalue weighted by Gasteiger charge is 2.36. The molecule has 31 heavy (non-hydrogen) atoms. The standard InChI is InChI=1S/C20H20N4O7/c1-30-16-8-4-2-6-14(16)23-11-13(10-19(23)26)20(27)22-21-18(25)12-31-17-9-5-3-7-15(17)24(28)29/h2-9,13H,10-12H2,1H3,(H,21,25)(H,22,27). The third kappa shape index (κ3) is 5.07. The first-order valence-corrected chi connectivity index (χ1v) is 9.29. The fourth-order valence-electron chi connectivity index (χ4n) is 3.11. The molecule has 0 aromatic heterocycles. The van der Waals surface area contributed by atoms with E-state index in [-0.39, 0.29) is 30.3 Å². The summed E-state index contributed by atoms with van der Waals surface area (Å²) in [6.45, 7) is -0.407. The van der Waals surface area contributed by atoms with Crippen LogP contribution in [0.4, 0.5) is 11.4 Å². The summed E-state index contributed by atoms with van der Waals surface area (Å²) in [7, 11) is 1.49. The molecule has 11 nitrogen and oxygen atoms in total. The third-order valence-corrected chi connectivity index (χ3v) is 4.62. The van der Waals surface area contributed by atoms with Gasteiger partial charge in [0.2, 0.25) is 11.8 Å². The van der Waals surface area contributed by atoms with Crippen LogP contribution in [0, 0.1) is 16.0 Å². The van der Waals surface area contributed by atoms with Gasteiger partial charge in [-0.3, -0.25) is 35.3 Å². The number of ether oxygens (including phenoxy) is 2. The van der Waals surface area contributed by atoms with Crippen molar-refractivity contribution in [2.45, 2.75) is 6.42 Å². The van der Waals surface area contributed by atoms with Gasteiger partial charge in [-0.2, -0.15) is 0 Å². The number of benzene rings is 2. The first-order valence-electron chi connectivity index (χ1n) is 9.29. The van der Waals surface area contributed by atoms with Crippen molar-refractivity contribution in [2.75, 3.05) is 25.2 Å².